The number of carbonyl (C=O) groups is 1. The number of hydrogen-bond acceptors (Lipinski definition) is 3. The Bertz CT molecular complexity index is 452. The maximum Gasteiger partial charge on any atom is 0.260 e. The van der Waals surface area contributed by atoms with E-state index in [0.29, 0.717) is 11.8 Å². The fraction of sp³-hybridized carbons (Fsp3) is 0.588. The Morgan fingerprint density at radius 3 is 2.52 bits per heavy atom. The summed E-state index contributed by atoms with van der Waals surface area (Å²) in [6.07, 6.45) is 5.01. The standard InChI is InChI=1S/C17H26N2O2/c1-3-16(18)13-8-10-15(11-9-13)21-12(2)17(20)19-14-6-4-5-7-14/h8-12,14,16H,3-7,18H2,1-2H3,(H,19,20)/t12?,16-/m1/s1. The van der Waals surface area contributed by atoms with E-state index in [1.807, 2.05) is 24.3 Å². The number of amides is 1. The predicted octanol–water partition coefficient (Wildman–Crippen LogP) is 2.92. The van der Waals surface area contributed by atoms with E-state index in [-0.39, 0.29) is 11.9 Å². The van der Waals surface area contributed by atoms with Gasteiger partial charge in [0.05, 0.1) is 0 Å². The van der Waals surface area contributed by atoms with Crippen molar-refractivity contribution in [2.45, 2.75) is 64.1 Å². The van der Waals surface area contributed by atoms with E-state index in [1.165, 1.54) is 12.8 Å². The molecule has 0 aromatic heterocycles. The normalized spacial score (nSPS) is 18.2. The van der Waals surface area contributed by atoms with Gasteiger partial charge in [0.15, 0.2) is 6.10 Å². The van der Waals surface area contributed by atoms with Gasteiger partial charge in [-0.25, -0.2) is 0 Å². The zero-order chi connectivity index (χ0) is 15.2. The van der Waals surface area contributed by atoms with Gasteiger partial charge in [0.2, 0.25) is 0 Å². The zero-order valence-electron chi connectivity index (χ0n) is 13.0. The summed E-state index contributed by atoms with van der Waals surface area (Å²) in [5.74, 6) is 0.673. The maximum absolute atomic E-state index is 12.1. The fourth-order valence-electron chi connectivity index (χ4n) is 2.68. The van der Waals surface area contributed by atoms with Gasteiger partial charge >= 0.3 is 0 Å². The van der Waals surface area contributed by atoms with Crippen LogP contribution in [0.5, 0.6) is 5.75 Å². The van der Waals surface area contributed by atoms with Crippen molar-refractivity contribution in [1.29, 1.82) is 0 Å². The molecule has 4 heteroatoms. The smallest absolute Gasteiger partial charge is 0.260 e. The molecule has 0 spiro atoms. The molecule has 1 aromatic rings. The molecule has 4 nitrogen and oxygen atoms in total. The SMILES string of the molecule is CC[C@@H](N)c1ccc(OC(C)C(=O)NC2CCCC2)cc1. The molecular formula is C17H26N2O2. The minimum absolute atomic E-state index is 0.0313. The molecule has 2 rings (SSSR count). The average Bonchev–Trinajstić information content (AvgIpc) is 3.00. The Morgan fingerprint density at radius 1 is 1.33 bits per heavy atom. The topological polar surface area (TPSA) is 64.3 Å². The van der Waals surface area contributed by atoms with Crippen molar-refractivity contribution in [2.24, 2.45) is 5.73 Å². The second-order valence-electron chi connectivity index (χ2n) is 5.83. The van der Waals surface area contributed by atoms with Crippen LogP contribution in [0.3, 0.4) is 0 Å². The van der Waals surface area contributed by atoms with Crippen LogP contribution in [0.25, 0.3) is 0 Å². The van der Waals surface area contributed by atoms with Crippen LogP contribution in [0, 0.1) is 0 Å². The molecule has 1 unspecified atom stereocenters. The molecule has 1 aliphatic rings. The second kappa shape index (κ2) is 7.46. The average molecular weight is 290 g/mol. The van der Waals surface area contributed by atoms with Gasteiger partial charge in [0.25, 0.3) is 5.91 Å². The van der Waals surface area contributed by atoms with Crippen molar-refractivity contribution < 1.29 is 9.53 Å². The van der Waals surface area contributed by atoms with Crippen molar-refractivity contribution >= 4 is 5.91 Å². The number of rotatable bonds is 6. The van der Waals surface area contributed by atoms with Crippen LogP contribution in [0.2, 0.25) is 0 Å². The molecule has 0 aliphatic heterocycles. The highest BCUT2D eigenvalue weighted by molar-refractivity contribution is 5.81. The first-order valence-electron chi connectivity index (χ1n) is 7.92. The molecule has 21 heavy (non-hydrogen) atoms. The third-order valence-corrected chi connectivity index (χ3v) is 4.13. The summed E-state index contributed by atoms with van der Waals surface area (Å²) in [7, 11) is 0. The Kier molecular flexibility index (Phi) is 5.62. The van der Waals surface area contributed by atoms with Gasteiger partial charge < -0.3 is 15.8 Å². The Morgan fingerprint density at radius 2 is 1.95 bits per heavy atom. The van der Waals surface area contributed by atoms with Gasteiger partial charge in [-0.05, 0) is 43.9 Å². The van der Waals surface area contributed by atoms with Gasteiger partial charge in [-0.3, -0.25) is 4.79 Å². The summed E-state index contributed by atoms with van der Waals surface area (Å²) < 4.78 is 5.70. The lowest BCUT2D eigenvalue weighted by Gasteiger charge is -2.18. The zero-order valence-corrected chi connectivity index (χ0v) is 13.0. The molecule has 3 N–H and O–H groups in total. The van der Waals surface area contributed by atoms with Crippen molar-refractivity contribution in [2.75, 3.05) is 0 Å². The highest BCUT2D eigenvalue weighted by atomic mass is 16.5. The van der Waals surface area contributed by atoms with Crippen LogP contribution < -0.4 is 15.8 Å². The highest BCUT2D eigenvalue weighted by Gasteiger charge is 2.21. The molecule has 1 fully saturated rings. The molecule has 116 valence electrons. The van der Waals surface area contributed by atoms with E-state index >= 15 is 0 Å². The third kappa shape index (κ3) is 4.46. The quantitative estimate of drug-likeness (QED) is 0.846. The lowest BCUT2D eigenvalue weighted by Crippen LogP contribution is -2.41. The minimum atomic E-state index is -0.476. The summed E-state index contributed by atoms with van der Waals surface area (Å²) in [6, 6.07) is 8.07. The van der Waals surface area contributed by atoms with E-state index in [1.54, 1.807) is 6.92 Å². The van der Waals surface area contributed by atoms with E-state index in [0.717, 1.165) is 24.8 Å². The molecule has 0 radical (unpaired) electrons. The largest absolute Gasteiger partial charge is 0.481 e. The number of nitrogens with two attached hydrogens (primary N) is 1. The molecule has 0 heterocycles. The molecule has 0 bridgehead atoms. The lowest BCUT2D eigenvalue weighted by molar-refractivity contribution is -0.127. The number of carbonyl (C=O) groups excluding carboxylic acids is 1. The van der Waals surface area contributed by atoms with E-state index < -0.39 is 6.10 Å². The molecule has 1 aliphatic carbocycles. The number of hydrogen-bond donors (Lipinski definition) is 2. The van der Waals surface area contributed by atoms with Crippen molar-refractivity contribution in [3.8, 4) is 5.75 Å². The minimum Gasteiger partial charge on any atom is -0.481 e. The first kappa shape index (κ1) is 15.8. The number of nitrogens with one attached hydrogen (secondary N) is 1. The third-order valence-electron chi connectivity index (χ3n) is 4.13. The van der Waals surface area contributed by atoms with Gasteiger partial charge in [0, 0.05) is 12.1 Å². The summed E-state index contributed by atoms with van der Waals surface area (Å²) in [5, 5.41) is 3.05. The molecule has 2 atom stereocenters. The van der Waals surface area contributed by atoms with Gasteiger partial charge in [-0.15, -0.1) is 0 Å². The Balaban J connectivity index is 1.86. The van der Waals surface area contributed by atoms with E-state index in [9.17, 15) is 4.79 Å². The lowest BCUT2D eigenvalue weighted by atomic mass is 10.1. The van der Waals surface area contributed by atoms with Gasteiger partial charge in [-0.2, -0.15) is 0 Å². The summed E-state index contributed by atoms with van der Waals surface area (Å²) >= 11 is 0. The molecular weight excluding hydrogens is 264 g/mol. The molecule has 1 amide bonds. The van der Waals surface area contributed by atoms with Crippen molar-refractivity contribution in [3.05, 3.63) is 29.8 Å². The fourth-order valence-corrected chi connectivity index (χ4v) is 2.68. The predicted molar refractivity (Wildman–Crippen MR) is 84.2 cm³/mol. The summed E-state index contributed by atoms with van der Waals surface area (Å²) in [4.78, 5) is 12.1. The van der Waals surface area contributed by atoms with Crippen LogP contribution in [0.1, 0.15) is 57.6 Å². The van der Waals surface area contributed by atoms with Crippen LogP contribution >= 0.6 is 0 Å². The Labute approximate surface area is 127 Å². The first-order valence-corrected chi connectivity index (χ1v) is 7.92. The van der Waals surface area contributed by atoms with E-state index in [2.05, 4.69) is 12.2 Å². The monoisotopic (exact) mass is 290 g/mol. The highest BCUT2D eigenvalue weighted by Crippen LogP contribution is 2.20. The summed E-state index contributed by atoms with van der Waals surface area (Å²) in [6.45, 7) is 3.85. The Hall–Kier alpha value is -1.55. The van der Waals surface area contributed by atoms with Crippen LogP contribution in [-0.4, -0.2) is 18.1 Å². The molecule has 1 aromatic carbocycles. The molecule has 0 saturated heterocycles. The maximum atomic E-state index is 12.1. The first-order chi connectivity index (χ1) is 10.1. The van der Waals surface area contributed by atoms with E-state index in [4.69, 9.17) is 10.5 Å². The van der Waals surface area contributed by atoms with Crippen LogP contribution in [0.4, 0.5) is 0 Å². The second-order valence-corrected chi connectivity index (χ2v) is 5.83. The summed E-state index contributed by atoms with van der Waals surface area (Å²) in [5.41, 5.74) is 7.07. The molecule has 1 saturated carbocycles. The van der Waals surface area contributed by atoms with Gasteiger partial charge in [-0.1, -0.05) is 31.9 Å². The number of ether oxygens (including phenoxy) is 1. The number of benzene rings is 1. The van der Waals surface area contributed by atoms with Gasteiger partial charge in [0.1, 0.15) is 5.75 Å². The van der Waals surface area contributed by atoms with Crippen molar-refractivity contribution in [1.82, 2.24) is 5.32 Å². The van der Waals surface area contributed by atoms with Crippen LogP contribution in [0.15, 0.2) is 24.3 Å². The van der Waals surface area contributed by atoms with Crippen molar-refractivity contribution in [3.63, 3.8) is 0 Å². The van der Waals surface area contributed by atoms with Crippen LogP contribution in [-0.2, 0) is 4.79 Å².